The van der Waals surface area contributed by atoms with Crippen molar-refractivity contribution in [3.05, 3.63) is 64.8 Å². The highest BCUT2D eigenvalue weighted by molar-refractivity contribution is 6.03. The van der Waals surface area contributed by atoms with Crippen LogP contribution in [0.3, 0.4) is 0 Å². The summed E-state index contributed by atoms with van der Waals surface area (Å²) < 4.78 is 5.44. The van der Waals surface area contributed by atoms with Crippen LogP contribution >= 0.6 is 0 Å². The van der Waals surface area contributed by atoms with Crippen molar-refractivity contribution < 1.29 is 9.53 Å². The van der Waals surface area contributed by atoms with Crippen LogP contribution < -0.4 is 15.4 Å². The zero-order valence-corrected chi connectivity index (χ0v) is 18.7. The van der Waals surface area contributed by atoms with E-state index in [2.05, 4.69) is 50.5 Å². The Labute approximate surface area is 183 Å². The molecular formula is C25H28N4O2. The van der Waals surface area contributed by atoms with E-state index < -0.39 is 0 Å². The number of ketones is 1. The number of aromatic nitrogens is 2. The van der Waals surface area contributed by atoms with Crippen LogP contribution in [0.5, 0.6) is 5.75 Å². The third kappa shape index (κ3) is 4.38. The van der Waals surface area contributed by atoms with Crippen molar-refractivity contribution in [1.82, 2.24) is 9.97 Å². The summed E-state index contributed by atoms with van der Waals surface area (Å²) in [6, 6.07) is 13.7. The number of nitrogens with one attached hydrogen (secondary N) is 2. The number of carbonyl (C=O) groups excluding carboxylic acids is 1. The van der Waals surface area contributed by atoms with E-state index >= 15 is 0 Å². The number of Topliss-reactive ketones (excluding diaryl/α,β-unsaturated/α-hetero) is 1. The van der Waals surface area contributed by atoms with Crippen molar-refractivity contribution in [1.29, 1.82) is 0 Å². The number of para-hydroxylation sites is 2. The molecule has 1 aromatic heterocycles. The number of hydrogen-bond acceptors (Lipinski definition) is 6. The fourth-order valence-electron chi connectivity index (χ4n) is 3.94. The maximum Gasteiger partial charge on any atom is 0.229 e. The summed E-state index contributed by atoms with van der Waals surface area (Å²) in [5, 5.41) is 6.63. The molecule has 0 bridgehead atoms. The minimum atomic E-state index is -0.141. The average Bonchev–Trinajstić information content (AvgIpc) is 2.69. The van der Waals surface area contributed by atoms with Crippen LogP contribution in [0.2, 0.25) is 0 Å². The van der Waals surface area contributed by atoms with Crippen LogP contribution in [0, 0.1) is 19.3 Å². The van der Waals surface area contributed by atoms with Gasteiger partial charge in [-0.25, -0.2) is 4.98 Å². The molecule has 0 saturated heterocycles. The molecule has 1 aliphatic carbocycles. The standard InChI is InChI=1S/C25H28N4O2/c1-15-10-11-17(12-16(15)2)26-23-22-19(13-25(3,4)14-20(22)30)28-24(29-23)27-18-8-6-7-9-21(18)31-5/h6-12H,13-14H2,1-5H3,(H2,26,27,28,29). The van der Waals surface area contributed by atoms with Crippen molar-refractivity contribution in [2.45, 2.75) is 40.5 Å². The molecule has 31 heavy (non-hydrogen) atoms. The summed E-state index contributed by atoms with van der Waals surface area (Å²) in [7, 11) is 1.63. The number of hydrogen-bond donors (Lipinski definition) is 2. The van der Waals surface area contributed by atoms with Gasteiger partial charge >= 0.3 is 0 Å². The number of fused-ring (bicyclic) bond motifs is 1. The summed E-state index contributed by atoms with van der Waals surface area (Å²) in [6.07, 6.45) is 1.18. The van der Waals surface area contributed by atoms with Gasteiger partial charge in [-0.2, -0.15) is 4.98 Å². The van der Waals surface area contributed by atoms with Crippen LogP contribution in [-0.2, 0) is 6.42 Å². The Kier molecular flexibility index (Phi) is 5.39. The minimum Gasteiger partial charge on any atom is -0.495 e. The number of aryl methyl sites for hydroxylation is 2. The second-order valence-corrected chi connectivity index (χ2v) is 8.91. The van der Waals surface area contributed by atoms with Crippen LogP contribution in [0.25, 0.3) is 0 Å². The first-order chi connectivity index (χ1) is 14.8. The van der Waals surface area contributed by atoms with E-state index in [-0.39, 0.29) is 11.2 Å². The second-order valence-electron chi connectivity index (χ2n) is 8.91. The zero-order chi connectivity index (χ0) is 22.2. The highest BCUT2D eigenvalue weighted by atomic mass is 16.5. The number of rotatable bonds is 5. The number of carbonyl (C=O) groups is 1. The molecule has 0 saturated carbocycles. The Balaban J connectivity index is 1.79. The molecule has 1 aliphatic rings. The van der Waals surface area contributed by atoms with Crippen molar-refractivity contribution in [2.24, 2.45) is 5.41 Å². The van der Waals surface area contributed by atoms with E-state index in [1.807, 2.05) is 30.3 Å². The highest BCUT2D eigenvalue weighted by Gasteiger charge is 2.35. The molecule has 0 spiro atoms. The molecule has 0 amide bonds. The normalized spacial score (nSPS) is 14.7. The lowest BCUT2D eigenvalue weighted by molar-refractivity contribution is 0.0911. The van der Waals surface area contributed by atoms with Gasteiger partial charge in [-0.05, 0) is 61.1 Å². The Hall–Kier alpha value is -3.41. The Morgan fingerprint density at radius 2 is 1.74 bits per heavy atom. The first kappa shape index (κ1) is 20.8. The van der Waals surface area contributed by atoms with Gasteiger partial charge in [-0.1, -0.05) is 32.0 Å². The Morgan fingerprint density at radius 1 is 0.968 bits per heavy atom. The average molecular weight is 417 g/mol. The largest absolute Gasteiger partial charge is 0.495 e. The lowest BCUT2D eigenvalue weighted by Gasteiger charge is -2.30. The molecule has 0 fully saturated rings. The summed E-state index contributed by atoms with van der Waals surface area (Å²) in [6.45, 7) is 8.34. The first-order valence-corrected chi connectivity index (χ1v) is 10.4. The summed E-state index contributed by atoms with van der Waals surface area (Å²) in [4.78, 5) is 22.5. The van der Waals surface area contributed by atoms with E-state index in [1.165, 1.54) is 11.1 Å². The molecule has 3 aromatic rings. The third-order valence-electron chi connectivity index (χ3n) is 5.67. The van der Waals surface area contributed by atoms with Crippen LogP contribution in [0.4, 0.5) is 23.1 Å². The smallest absolute Gasteiger partial charge is 0.229 e. The van der Waals surface area contributed by atoms with E-state index in [0.29, 0.717) is 35.9 Å². The predicted molar refractivity (Wildman–Crippen MR) is 124 cm³/mol. The number of methoxy groups -OCH3 is 1. The van der Waals surface area contributed by atoms with Gasteiger partial charge in [-0.3, -0.25) is 4.79 Å². The number of nitrogens with zero attached hydrogens (tertiary/aromatic N) is 2. The van der Waals surface area contributed by atoms with Crippen molar-refractivity contribution >= 4 is 28.9 Å². The van der Waals surface area contributed by atoms with Gasteiger partial charge < -0.3 is 15.4 Å². The molecule has 1 heterocycles. The molecule has 0 radical (unpaired) electrons. The maximum atomic E-state index is 13.0. The van der Waals surface area contributed by atoms with Crippen LogP contribution in [-0.4, -0.2) is 22.9 Å². The van der Waals surface area contributed by atoms with Gasteiger partial charge in [-0.15, -0.1) is 0 Å². The molecule has 6 heteroatoms. The monoisotopic (exact) mass is 416 g/mol. The number of ether oxygens (including phenoxy) is 1. The molecule has 4 rings (SSSR count). The topological polar surface area (TPSA) is 76.1 Å². The van der Waals surface area contributed by atoms with Crippen molar-refractivity contribution in [3.63, 3.8) is 0 Å². The lowest BCUT2D eigenvalue weighted by Crippen LogP contribution is -2.29. The molecule has 0 unspecified atom stereocenters. The molecule has 0 atom stereocenters. The van der Waals surface area contributed by atoms with Gasteiger partial charge in [0.25, 0.3) is 0 Å². The molecule has 2 aromatic carbocycles. The highest BCUT2D eigenvalue weighted by Crippen LogP contribution is 2.38. The van der Waals surface area contributed by atoms with E-state index in [0.717, 1.165) is 17.1 Å². The third-order valence-corrected chi connectivity index (χ3v) is 5.67. The molecule has 2 N–H and O–H groups in total. The summed E-state index contributed by atoms with van der Waals surface area (Å²) in [5.41, 5.74) is 5.26. The summed E-state index contributed by atoms with van der Waals surface area (Å²) in [5.74, 6) is 1.73. The Bertz CT molecular complexity index is 1150. The number of benzene rings is 2. The van der Waals surface area contributed by atoms with Crippen molar-refractivity contribution in [3.8, 4) is 5.75 Å². The SMILES string of the molecule is COc1ccccc1Nc1nc2c(c(Nc3ccc(C)c(C)c3)n1)C(=O)CC(C)(C)C2. The maximum absolute atomic E-state index is 13.0. The van der Waals surface area contributed by atoms with Crippen LogP contribution in [0.1, 0.15) is 47.4 Å². The number of anilines is 4. The van der Waals surface area contributed by atoms with E-state index in [9.17, 15) is 4.79 Å². The molecular weight excluding hydrogens is 388 g/mol. The van der Waals surface area contributed by atoms with Gasteiger partial charge in [0.05, 0.1) is 24.1 Å². The quantitative estimate of drug-likeness (QED) is 0.552. The zero-order valence-electron chi connectivity index (χ0n) is 18.7. The molecule has 160 valence electrons. The minimum absolute atomic E-state index is 0.0708. The molecule has 0 aliphatic heterocycles. The van der Waals surface area contributed by atoms with E-state index in [4.69, 9.17) is 14.7 Å². The van der Waals surface area contributed by atoms with Gasteiger partial charge in [0, 0.05) is 12.1 Å². The van der Waals surface area contributed by atoms with Gasteiger partial charge in [0.15, 0.2) is 5.78 Å². The first-order valence-electron chi connectivity index (χ1n) is 10.4. The van der Waals surface area contributed by atoms with Gasteiger partial charge in [0.2, 0.25) is 5.95 Å². The van der Waals surface area contributed by atoms with Gasteiger partial charge in [0.1, 0.15) is 11.6 Å². The second kappa shape index (κ2) is 8.02. The van der Waals surface area contributed by atoms with E-state index in [1.54, 1.807) is 7.11 Å². The van der Waals surface area contributed by atoms with Crippen LogP contribution in [0.15, 0.2) is 42.5 Å². The lowest BCUT2D eigenvalue weighted by atomic mass is 9.75. The summed E-state index contributed by atoms with van der Waals surface area (Å²) >= 11 is 0. The fourth-order valence-corrected chi connectivity index (χ4v) is 3.94. The van der Waals surface area contributed by atoms with Crippen molar-refractivity contribution in [2.75, 3.05) is 17.7 Å². The predicted octanol–water partition coefficient (Wildman–Crippen LogP) is 5.74. The fraction of sp³-hybridized carbons (Fsp3) is 0.320. The molecule has 6 nitrogen and oxygen atoms in total. The Morgan fingerprint density at radius 3 is 2.48 bits per heavy atom.